The Kier molecular flexibility index (Phi) is 5.78. The average Bonchev–Trinajstić information content (AvgIpc) is 2.72. The Bertz CT molecular complexity index is 945. The molecule has 29 heavy (non-hydrogen) atoms. The number of likely N-dealkylation sites (N-methyl/N-ethyl adjacent to an activating group) is 1. The Morgan fingerprint density at radius 3 is 2.41 bits per heavy atom. The first-order valence-corrected chi connectivity index (χ1v) is 8.61. The molecule has 1 aliphatic heterocycles. The summed E-state index contributed by atoms with van der Waals surface area (Å²) in [6.07, 6.45) is 1.15. The number of amides is 1. The molecule has 0 spiro atoms. The number of hydrogen-bond donors (Lipinski definition) is 2. The van der Waals surface area contributed by atoms with Gasteiger partial charge in [-0.3, -0.25) is 35.9 Å². The zero-order valence-electron chi connectivity index (χ0n) is 15.4. The number of nitro groups is 2. The summed E-state index contributed by atoms with van der Waals surface area (Å²) in [5.74, 6) is -0.905. The van der Waals surface area contributed by atoms with Crippen molar-refractivity contribution in [2.24, 2.45) is 0 Å². The molecule has 0 radical (unpaired) electrons. The van der Waals surface area contributed by atoms with Crippen LogP contribution in [0.2, 0.25) is 0 Å². The fourth-order valence-corrected chi connectivity index (χ4v) is 2.89. The van der Waals surface area contributed by atoms with Crippen molar-refractivity contribution in [1.82, 2.24) is 20.3 Å². The van der Waals surface area contributed by atoms with Gasteiger partial charge in [0, 0.05) is 32.2 Å². The zero-order valence-corrected chi connectivity index (χ0v) is 15.4. The quantitative estimate of drug-likeness (QED) is 0.522. The Morgan fingerprint density at radius 1 is 1.07 bits per heavy atom. The number of rotatable bonds is 6. The molecular weight excluding hydrogens is 384 g/mol. The molecule has 0 saturated carbocycles. The lowest BCUT2D eigenvalue weighted by atomic mass is 10.2. The van der Waals surface area contributed by atoms with Gasteiger partial charge in [-0.15, -0.1) is 0 Å². The molecule has 2 aromatic rings. The molecule has 1 aromatic heterocycles. The number of nitrogens with zero attached hydrogens (tertiary/aromatic N) is 6. The molecule has 1 amide bonds. The Labute approximate surface area is 164 Å². The molecule has 1 aromatic carbocycles. The number of para-hydroxylation sites is 1. The second kappa shape index (κ2) is 8.43. The molecule has 152 valence electrons. The van der Waals surface area contributed by atoms with Gasteiger partial charge in [-0.05, 0) is 13.1 Å². The minimum absolute atomic E-state index is 0.139. The lowest BCUT2D eigenvalue weighted by molar-refractivity contribution is -0.385. The minimum atomic E-state index is -0.827. The predicted molar refractivity (Wildman–Crippen MR) is 103 cm³/mol. The number of piperazine rings is 1. The number of carbonyl (C=O) groups is 1. The molecule has 13 nitrogen and oxygen atoms in total. The van der Waals surface area contributed by atoms with E-state index in [1.807, 2.05) is 7.05 Å². The number of nitro benzene ring substituents is 1. The number of hydrogen-bond acceptors (Lipinski definition) is 10. The van der Waals surface area contributed by atoms with E-state index in [9.17, 15) is 25.0 Å². The maximum atomic E-state index is 12.3. The van der Waals surface area contributed by atoms with Gasteiger partial charge in [0.25, 0.3) is 11.6 Å². The summed E-state index contributed by atoms with van der Waals surface area (Å²) < 4.78 is 0. The van der Waals surface area contributed by atoms with E-state index in [1.165, 1.54) is 24.3 Å². The van der Waals surface area contributed by atoms with Crippen LogP contribution in [0.5, 0.6) is 0 Å². The number of anilines is 2. The van der Waals surface area contributed by atoms with Gasteiger partial charge >= 0.3 is 5.69 Å². The second-order valence-electron chi connectivity index (χ2n) is 6.30. The van der Waals surface area contributed by atoms with E-state index in [0.717, 1.165) is 19.4 Å². The van der Waals surface area contributed by atoms with Gasteiger partial charge in [-0.25, -0.2) is 9.97 Å². The van der Waals surface area contributed by atoms with Crippen LogP contribution in [0.25, 0.3) is 0 Å². The average molecular weight is 402 g/mol. The normalized spacial score (nSPS) is 14.3. The Morgan fingerprint density at radius 2 is 1.76 bits per heavy atom. The molecule has 0 bridgehead atoms. The van der Waals surface area contributed by atoms with Crippen molar-refractivity contribution in [3.63, 3.8) is 0 Å². The van der Waals surface area contributed by atoms with Gasteiger partial charge in [-0.1, -0.05) is 12.1 Å². The van der Waals surface area contributed by atoms with Crippen LogP contribution in [0.3, 0.4) is 0 Å². The molecule has 3 rings (SSSR count). The number of nitrogens with one attached hydrogen (secondary N) is 2. The van der Waals surface area contributed by atoms with Crippen LogP contribution in [0.1, 0.15) is 10.4 Å². The van der Waals surface area contributed by atoms with E-state index >= 15 is 0 Å². The van der Waals surface area contributed by atoms with Crippen LogP contribution in [0.4, 0.5) is 23.0 Å². The summed E-state index contributed by atoms with van der Waals surface area (Å²) in [6.45, 7) is 2.55. The van der Waals surface area contributed by atoms with Crippen LogP contribution in [-0.4, -0.2) is 63.8 Å². The van der Waals surface area contributed by atoms with Gasteiger partial charge in [0.15, 0.2) is 0 Å². The van der Waals surface area contributed by atoms with Crippen LogP contribution >= 0.6 is 0 Å². The number of benzene rings is 1. The molecule has 13 heteroatoms. The van der Waals surface area contributed by atoms with Crippen molar-refractivity contribution in [1.29, 1.82) is 0 Å². The molecule has 2 heterocycles. The highest BCUT2D eigenvalue weighted by molar-refractivity contribution is 5.98. The third-order valence-corrected chi connectivity index (χ3v) is 4.43. The maximum absolute atomic E-state index is 12.3. The van der Waals surface area contributed by atoms with Crippen LogP contribution in [0, 0.1) is 20.2 Å². The molecule has 1 saturated heterocycles. The van der Waals surface area contributed by atoms with E-state index in [2.05, 4.69) is 25.7 Å². The van der Waals surface area contributed by atoms with Crippen molar-refractivity contribution in [2.45, 2.75) is 0 Å². The molecule has 1 aliphatic rings. The van der Waals surface area contributed by atoms with E-state index in [4.69, 9.17) is 0 Å². The number of carbonyl (C=O) groups excluding carboxylic acids is 1. The topological polar surface area (TPSA) is 160 Å². The first kappa shape index (κ1) is 19.9. The molecule has 0 unspecified atom stereocenters. The van der Waals surface area contributed by atoms with Crippen molar-refractivity contribution < 1.29 is 14.6 Å². The van der Waals surface area contributed by atoms with Crippen molar-refractivity contribution in [3.05, 3.63) is 56.4 Å². The van der Waals surface area contributed by atoms with Gasteiger partial charge in [0.1, 0.15) is 11.9 Å². The fourth-order valence-electron chi connectivity index (χ4n) is 2.89. The van der Waals surface area contributed by atoms with Crippen molar-refractivity contribution >= 4 is 28.9 Å². The third kappa shape index (κ3) is 4.35. The molecule has 0 aliphatic carbocycles. The molecule has 0 atom stereocenters. The maximum Gasteiger partial charge on any atom is 0.355 e. The number of aromatic nitrogens is 2. The first-order chi connectivity index (χ1) is 13.9. The highest BCUT2D eigenvalue weighted by Crippen LogP contribution is 2.31. The van der Waals surface area contributed by atoms with Gasteiger partial charge in [0.2, 0.25) is 11.6 Å². The summed E-state index contributed by atoms with van der Waals surface area (Å²) in [5, 5.41) is 22.7. The van der Waals surface area contributed by atoms with Gasteiger partial charge < -0.3 is 9.80 Å². The predicted octanol–water partition coefficient (Wildman–Crippen LogP) is 0.802. The highest BCUT2D eigenvalue weighted by atomic mass is 16.6. The minimum Gasteiger partial charge on any atom is -0.348 e. The Hall–Kier alpha value is -3.87. The summed E-state index contributed by atoms with van der Waals surface area (Å²) in [5.41, 5.74) is 3.65. The van der Waals surface area contributed by atoms with E-state index < -0.39 is 15.8 Å². The third-order valence-electron chi connectivity index (χ3n) is 4.43. The molecule has 2 N–H and O–H groups in total. The largest absolute Gasteiger partial charge is 0.355 e. The summed E-state index contributed by atoms with van der Waals surface area (Å²) >= 11 is 0. The second-order valence-corrected chi connectivity index (χ2v) is 6.30. The summed E-state index contributed by atoms with van der Waals surface area (Å²) in [7, 11) is 1.96. The zero-order chi connectivity index (χ0) is 21.0. The summed E-state index contributed by atoms with van der Waals surface area (Å²) in [6, 6.07) is 5.37. The highest BCUT2D eigenvalue weighted by Gasteiger charge is 2.29. The van der Waals surface area contributed by atoms with Gasteiger partial charge in [-0.2, -0.15) is 0 Å². The monoisotopic (exact) mass is 402 g/mol. The standard InChI is InChI=1S/C16H18N8O5/c1-21-6-8-22(9-7-21)15-13(24(28)29)14(17-10-18-15)19-20-16(25)11-4-2-3-5-12(11)23(26)27/h2-5,10H,6-9H2,1H3,(H,20,25)(H,17,18,19). The van der Waals surface area contributed by atoms with E-state index in [0.29, 0.717) is 13.1 Å². The Balaban J connectivity index is 1.83. The lowest BCUT2D eigenvalue weighted by Crippen LogP contribution is -2.45. The fraction of sp³-hybridized carbons (Fsp3) is 0.312. The smallest absolute Gasteiger partial charge is 0.348 e. The van der Waals surface area contributed by atoms with Crippen LogP contribution in [0.15, 0.2) is 30.6 Å². The SMILES string of the molecule is CN1CCN(c2ncnc(NNC(=O)c3ccccc3[N+](=O)[O-])c2[N+](=O)[O-])CC1. The van der Waals surface area contributed by atoms with Crippen LogP contribution < -0.4 is 15.8 Å². The van der Waals surface area contributed by atoms with E-state index in [-0.39, 0.29) is 28.6 Å². The van der Waals surface area contributed by atoms with Crippen molar-refractivity contribution in [2.75, 3.05) is 43.6 Å². The van der Waals surface area contributed by atoms with Crippen LogP contribution in [-0.2, 0) is 0 Å². The van der Waals surface area contributed by atoms with Crippen molar-refractivity contribution in [3.8, 4) is 0 Å². The van der Waals surface area contributed by atoms with E-state index in [1.54, 1.807) is 4.90 Å². The molecule has 1 fully saturated rings. The molecular formula is C16H18N8O5. The number of hydrazine groups is 1. The summed E-state index contributed by atoms with van der Waals surface area (Å²) in [4.78, 5) is 45.5. The lowest BCUT2D eigenvalue weighted by Gasteiger charge is -2.32. The first-order valence-electron chi connectivity index (χ1n) is 8.61. The van der Waals surface area contributed by atoms with Gasteiger partial charge in [0.05, 0.1) is 9.85 Å².